The fourth-order valence-electron chi connectivity index (χ4n) is 0. The number of hydrogen-bond donors (Lipinski definition) is 2. The van der Waals surface area contributed by atoms with Crippen LogP contribution in [-0.4, -0.2) is 10.7 Å². The molecule has 0 atom stereocenters. The minimum absolute atomic E-state index is 0.500. The Morgan fingerprint density at radius 3 is 1.38 bits per heavy atom. The molecule has 0 rings (SSSR count). The van der Waals surface area contributed by atoms with Crippen LogP contribution in [0.1, 0.15) is 20.8 Å². The van der Waals surface area contributed by atoms with Crippen molar-refractivity contribution in [2.24, 2.45) is 5.73 Å². The first kappa shape index (κ1) is 10.5. The summed E-state index contributed by atoms with van der Waals surface area (Å²) in [5.41, 5.74) is 5.51. The smallest absolute Gasteiger partial charge is 0.0695 e. The van der Waals surface area contributed by atoms with Crippen molar-refractivity contribution in [1.29, 1.82) is 5.41 Å². The molecule has 48 valence electrons. The van der Waals surface area contributed by atoms with Gasteiger partial charge in [-0.2, -0.15) is 0 Å². The van der Waals surface area contributed by atoms with E-state index in [0.717, 1.165) is 0 Å². The molecule has 0 saturated carbocycles. The van der Waals surface area contributed by atoms with E-state index in [1.807, 2.05) is 0 Å². The predicted octanol–water partition coefficient (Wildman–Crippen LogP) is 1.34. The predicted molar refractivity (Wildman–Crippen MR) is 41.5 cm³/mol. The first-order chi connectivity index (χ1) is 3.46. The maximum atomic E-state index is 6.50. The van der Waals surface area contributed by atoms with E-state index in [1.54, 1.807) is 20.8 Å². The molecule has 0 bridgehead atoms. The summed E-state index contributed by atoms with van der Waals surface area (Å²) < 4.78 is 0. The Balaban J connectivity index is 0. The van der Waals surface area contributed by atoms with Crippen molar-refractivity contribution in [2.75, 3.05) is 0 Å². The maximum absolute atomic E-state index is 6.50. The molecular formula is C5H12N2S. The second-order valence-corrected chi connectivity index (χ2v) is 2.25. The van der Waals surface area contributed by atoms with Crippen molar-refractivity contribution in [2.45, 2.75) is 20.8 Å². The Hall–Kier alpha value is -0.440. The molecule has 0 saturated heterocycles. The fraction of sp³-hybridized carbons (Fsp3) is 0.600. The fourth-order valence-corrected chi connectivity index (χ4v) is 0. The van der Waals surface area contributed by atoms with Gasteiger partial charge in [-0.25, -0.2) is 0 Å². The Labute approximate surface area is 55.6 Å². The summed E-state index contributed by atoms with van der Waals surface area (Å²) in [6.45, 7) is 5.18. The summed E-state index contributed by atoms with van der Waals surface area (Å²) in [4.78, 5) is 0.500. The molecule has 0 aromatic carbocycles. The molecule has 2 nitrogen and oxygen atoms in total. The highest BCUT2D eigenvalue weighted by Crippen LogP contribution is 1.52. The first-order valence-electron chi connectivity index (χ1n) is 2.24. The SMILES string of the molecule is CC(C)=N.CC(N)=S. The minimum Gasteiger partial charge on any atom is -0.394 e. The van der Waals surface area contributed by atoms with Crippen molar-refractivity contribution >= 4 is 22.9 Å². The molecule has 8 heavy (non-hydrogen) atoms. The standard InChI is InChI=1S/C3H7N.C2H5NS/c1-3(2)4;1-2(3)4/h4H,1-2H3;1H3,(H2,3,4). The third-order valence-electron chi connectivity index (χ3n) is 0. The van der Waals surface area contributed by atoms with Crippen LogP contribution in [0.15, 0.2) is 0 Å². The van der Waals surface area contributed by atoms with Gasteiger partial charge in [0.1, 0.15) is 0 Å². The van der Waals surface area contributed by atoms with Crippen LogP contribution in [0, 0.1) is 5.41 Å². The van der Waals surface area contributed by atoms with Crippen LogP contribution in [0.2, 0.25) is 0 Å². The third kappa shape index (κ3) is 597. The van der Waals surface area contributed by atoms with Crippen LogP contribution in [0.25, 0.3) is 0 Å². The zero-order chi connectivity index (χ0) is 7.15. The Kier molecular flexibility index (Phi) is 8.63. The number of hydrogen-bond acceptors (Lipinski definition) is 2. The lowest BCUT2D eigenvalue weighted by Gasteiger charge is -1.65. The van der Waals surface area contributed by atoms with Gasteiger partial charge in [-0.15, -0.1) is 0 Å². The largest absolute Gasteiger partial charge is 0.394 e. The molecule has 0 aliphatic rings. The van der Waals surface area contributed by atoms with Crippen molar-refractivity contribution in [3.05, 3.63) is 0 Å². The summed E-state index contributed by atoms with van der Waals surface area (Å²) in [7, 11) is 0. The van der Waals surface area contributed by atoms with E-state index < -0.39 is 0 Å². The number of thiocarbonyl (C=S) groups is 1. The van der Waals surface area contributed by atoms with E-state index in [0.29, 0.717) is 10.7 Å². The number of nitrogens with one attached hydrogen (secondary N) is 1. The van der Waals surface area contributed by atoms with Crippen LogP contribution in [0.4, 0.5) is 0 Å². The maximum Gasteiger partial charge on any atom is 0.0695 e. The van der Waals surface area contributed by atoms with E-state index in [9.17, 15) is 0 Å². The lowest BCUT2D eigenvalue weighted by Crippen LogP contribution is -1.98. The second-order valence-electron chi connectivity index (χ2n) is 1.61. The molecule has 0 aromatic rings. The van der Waals surface area contributed by atoms with Gasteiger partial charge in [0, 0.05) is 5.71 Å². The molecule has 0 aliphatic heterocycles. The average Bonchev–Trinajstić information content (AvgIpc) is 1.25. The normalized spacial score (nSPS) is 6.38. The van der Waals surface area contributed by atoms with Gasteiger partial charge in [-0.1, -0.05) is 12.2 Å². The van der Waals surface area contributed by atoms with Gasteiger partial charge in [-0.3, -0.25) is 0 Å². The summed E-state index contributed by atoms with van der Waals surface area (Å²) in [6.07, 6.45) is 0. The third-order valence-corrected chi connectivity index (χ3v) is 0. The van der Waals surface area contributed by atoms with Gasteiger partial charge in [-0.05, 0) is 20.8 Å². The highest BCUT2D eigenvalue weighted by atomic mass is 32.1. The van der Waals surface area contributed by atoms with E-state index in [2.05, 4.69) is 12.2 Å². The Morgan fingerprint density at radius 2 is 1.38 bits per heavy atom. The number of rotatable bonds is 0. The van der Waals surface area contributed by atoms with Crippen molar-refractivity contribution in [3.63, 3.8) is 0 Å². The molecule has 0 fully saturated rings. The summed E-state index contributed by atoms with van der Waals surface area (Å²) >= 11 is 4.31. The van der Waals surface area contributed by atoms with Crippen LogP contribution in [0.5, 0.6) is 0 Å². The van der Waals surface area contributed by atoms with Crippen LogP contribution in [-0.2, 0) is 0 Å². The van der Waals surface area contributed by atoms with Gasteiger partial charge < -0.3 is 11.1 Å². The topological polar surface area (TPSA) is 49.9 Å². The quantitative estimate of drug-likeness (QED) is 0.386. The van der Waals surface area contributed by atoms with Crippen LogP contribution >= 0.6 is 12.2 Å². The van der Waals surface area contributed by atoms with Crippen molar-refractivity contribution < 1.29 is 0 Å². The molecule has 0 aliphatic carbocycles. The number of nitrogens with two attached hydrogens (primary N) is 1. The lowest BCUT2D eigenvalue weighted by atomic mass is 10.5. The molecule has 0 aromatic heterocycles. The van der Waals surface area contributed by atoms with Crippen molar-refractivity contribution in [3.8, 4) is 0 Å². The molecular weight excluding hydrogens is 120 g/mol. The zero-order valence-electron chi connectivity index (χ0n) is 5.49. The molecule has 0 spiro atoms. The second kappa shape index (κ2) is 6.56. The molecule has 0 heterocycles. The molecule has 3 N–H and O–H groups in total. The van der Waals surface area contributed by atoms with E-state index in [-0.39, 0.29) is 0 Å². The van der Waals surface area contributed by atoms with Crippen molar-refractivity contribution in [1.82, 2.24) is 0 Å². The Morgan fingerprint density at radius 1 is 1.38 bits per heavy atom. The zero-order valence-corrected chi connectivity index (χ0v) is 6.30. The average molecular weight is 132 g/mol. The molecule has 3 heteroatoms. The van der Waals surface area contributed by atoms with E-state index in [1.165, 1.54) is 0 Å². The highest BCUT2D eigenvalue weighted by molar-refractivity contribution is 7.80. The highest BCUT2D eigenvalue weighted by Gasteiger charge is 1.55. The van der Waals surface area contributed by atoms with Gasteiger partial charge in [0.15, 0.2) is 0 Å². The van der Waals surface area contributed by atoms with Gasteiger partial charge in [0.2, 0.25) is 0 Å². The van der Waals surface area contributed by atoms with Crippen LogP contribution < -0.4 is 5.73 Å². The first-order valence-corrected chi connectivity index (χ1v) is 2.65. The molecule has 0 radical (unpaired) electrons. The summed E-state index contributed by atoms with van der Waals surface area (Å²) in [5, 5.41) is 6.50. The monoisotopic (exact) mass is 132 g/mol. The van der Waals surface area contributed by atoms with E-state index >= 15 is 0 Å². The Bertz CT molecular complexity index is 68.4. The molecule has 0 unspecified atom stereocenters. The van der Waals surface area contributed by atoms with Gasteiger partial charge in [0.25, 0.3) is 0 Å². The molecule has 0 amide bonds. The van der Waals surface area contributed by atoms with Crippen LogP contribution in [0.3, 0.4) is 0 Å². The summed E-state index contributed by atoms with van der Waals surface area (Å²) in [5.74, 6) is 0. The minimum atomic E-state index is 0.500. The summed E-state index contributed by atoms with van der Waals surface area (Å²) in [6, 6.07) is 0. The van der Waals surface area contributed by atoms with E-state index in [4.69, 9.17) is 11.1 Å². The van der Waals surface area contributed by atoms with Gasteiger partial charge >= 0.3 is 0 Å². The van der Waals surface area contributed by atoms with Gasteiger partial charge in [0.05, 0.1) is 4.99 Å². The lowest BCUT2D eigenvalue weighted by molar-refractivity contribution is 1.45.